The first kappa shape index (κ1) is 19.8. The zero-order chi connectivity index (χ0) is 16.3. The summed E-state index contributed by atoms with van der Waals surface area (Å²) < 4.78 is 0. The van der Waals surface area contributed by atoms with E-state index in [1.54, 1.807) is 4.90 Å². The zero-order valence-electron chi connectivity index (χ0n) is 12.0. The number of nitrogens with zero attached hydrogens (tertiary/aromatic N) is 1. The second kappa shape index (κ2) is 11.4. The van der Waals surface area contributed by atoms with Gasteiger partial charge in [0.2, 0.25) is 11.1 Å². The molecule has 0 spiro atoms. The van der Waals surface area contributed by atoms with Gasteiger partial charge in [-0.3, -0.25) is 9.59 Å². The Hall–Kier alpha value is -1.21. The number of nitrogens with one attached hydrogen (secondary N) is 1. The molecule has 3 N–H and O–H groups in total. The molecule has 2 rings (SSSR count). The molecule has 6 nitrogen and oxygen atoms in total. The number of likely N-dealkylation sites (tertiary alicyclic amines) is 1. The summed E-state index contributed by atoms with van der Waals surface area (Å²) in [6, 6.07) is 0. The van der Waals surface area contributed by atoms with Gasteiger partial charge in [-0.05, 0) is 43.1 Å². The predicted octanol–water partition coefficient (Wildman–Crippen LogP) is 0.0440. The normalized spacial score (nSPS) is 23.3. The van der Waals surface area contributed by atoms with Gasteiger partial charge in [-0.25, -0.2) is 0 Å². The monoisotopic (exact) mass is 318 g/mol. The van der Waals surface area contributed by atoms with Crippen LogP contribution in [0.15, 0.2) is 25.3 Å². The third-order valence-corrected chi connectivity index (χ3v) is 3.00. The zero-order valence-corrected chi connectivity index (χ0v) is 12.8. The predicted molar refractivity (Wildman–Crippen MR) is 82.0 cm³/mol. The van der Waals surface area contributed by atoms with Gasteiger partial charge in [0.15, 0.2) is 0 Å². The summed E-state index contributed by atoms with van der Waals surface area (Å²) in [6.45, 7) is 9.34. The van der Waals surface area contributed by atoms with Gasteiger partial charge in [-0.1, -0.05) is 13.2 Å². The van der Waals surface area contributed by atoms with Gasteiger partial charge < -0.3 is 20.4 Å². The molecule has 0 saturated carbocycles. The Morgan fingerprint density at radius 3 is 2.05 bits per heavy atom. The van der Waals surface area contributed by atoms with Gasteiger partial charge in [-0.15, -0.1) is 0 Å². The molecule has 2 fully saturated rings. The maximum Gasteiger partial charge on any atom is 0.246 e. The van der Waals surface area contributed by atoms with E-state index in [9.17, 15) is 9.59 Å². The molecule has 0 unspecified atom stereocenters. The smallest absolute Gasteiger partial charge is 0.246 e. The van der Waals surface area contributed by atoms with Crippen LogP contribution in [0.3, 0.4) is 0 Å². The summed E-state index contributed by atoms with van der Waals surface area (Å²) in [5.41, 5.74) is 0. The summed E-state index contributed by atoms with van der Waals surface area (Å²) in [5.74, 6) is -0.0865. The number of carbonyl (C=O) groups excluding carboxylic acids is 2. The van der Waals surface area contributed by atoms with E-state index in [-0.39, 0.29) is 18.1 Å². The van der Waals surface area contributed by atoms with Crippen molar-refractivity contribution in [2.24, 2.45) is 0 Å². The fourth-order valence-corrected chi connectivity index (χ4v) is 1.71. The van der Waals surface area contributed by atoms with E-state index in [1.165, 1.54) is 6.08 Å². The van der Waals surface area contributed by atoms with Crippen molar-refractivity contribution < 1.29 is 19.8 Å². The summed E-state index contributed by atoms with van der Waals surface area (Å²) in [5, 5.41) is 20.2. The van der Waals surface area contributed by atoms with Crippen molar-refractivity contribution in [3.63, 3.8) is 0 Å². The lowest BCUT2D eigenvalue weighted by Gasteiger charge is -2.11. The number of aliphatic hydroxyl groups excluding tert-OH is 2. The molecule has 0 radical (unpaired) electrons. The second-order valence-electron chi connectivity index (χ2n) is 4.59. The Labute approximate surface area is 130 Å². The van der Waals surface area contributed by atoms with Crippen LogP contribution >= 0.6 is 11.6 Å². The number of hydrogen-bond donors (Lipinski definition) is 3. The minimum absolute atomic E-state index is 0.0648. The fraction of sp³-hybridized carbons (Fsp3) is 0.571. The van der Waals surface area contributed by atoms with Crippen molar-refractivity contribution in [1.82, 2.24) is 10.2 Å². The van der Waals surface area contributed by atoms with Crippen LogP contribution in [0.2, 0.25) is 0 Å². The Kier molecular flexibility index (Phi) is 10.8. The molecule has 1 amide bonds. The Morgan fingerprint density at radius 1 is 1.19 bits per heavy atom. The number of halogens is 1. The highest BCUT2D eigenvalue weighted by Gasteiger charge is 2.22. The van der Waals surface area contributed by atoms with Crippen molar-refractivity contribution in [2.75, 3.05) is 26.2 Å². The molecular weight excluding hydrogens is 296 g/mol. The van der Waals surface area contributed by atoms with Crippen LogP contribution < -0.4 is 5.32 Å². The summed E-state index contributed by atoms with van der Waals surface area (Å²) in [6.07, 6.45) is 3.55. The molecule has 7 heteroatoms. The lowest BCUT2D eigenvalue weighted by molar-refractivity contribution is -0.125. The first-order valence-electron chi connectivity index (χ1n) is 6.70. The number of rotatable bonds is 2. The Bertz CT molecular complexity index is 357. The van der Waals surface area contributed by atoms with Crippen molar-refractivity contribution in [3.8, 4) is 0 Å². The number of carbonyl (C=O) groups is 2. The van der Waals surface area contributed by atoms with E-state index in [1.807, 2.05) is 0 Å². The van der Waals surface area contributed by atoms with E-state index in [0.29, 0.717) is 19.5 Å². The fourth-order valence-electron chi connectivity index (χ4n) is 1.71. The van der Waals surface area contributed by atoms with Gasteiger partial charge in [0.25, 0.3) is 0 Å². The molecule has 21 heavy (non-hydrogen) atoms. The topological polar surface area (TPSA) is 89.9 Å². The molecule has 120 valence electrons. The molecule has 2 heterocycles. The van der Waals surface area contributed by atoms with Gasteiger partial charge in [0.05, 0.1) is 12.2 Å². The molecular formula is C14H23ClN2O4. The minimum Gasteiger partial charge on any atom is -0.392 e. The summed E-state index contributed by atoms with van der Waals surface area (Å²) in [7, 11) is 0. The van der Waals surface area contributed by atoms with E-state index in [4.69, 9.17) is 21.8 Å². The average molecular weight is 319 g/mol. The van der Waals surface area contributed by atoms with Crippen LogP contribution in [0.5, 0.6) is 0 Å². The second-order valence-corrected chi connectivity index (χ2v) is 4.96. The molecule has 2 saturated heterocycles. The lowest BCUT2D eigenvalue weighted by atomic mass is 10.3. The van der Waals surface area contributed by atoms with Crippen LogP contribution in [-0.2, 0) is 9.59 Å². The maximum atomic E-state index is 10.9. The van der Waals surface area contributed by atoms with Crippen LogP contribution in [0.4, 0.5) is 0 Å². The molecule has 0 aromatic heterocycles. The van der Waals surface area contributed by atoms with Crippen molar-refractivity contribution in [2.45, 2.75) is 25.0 Å². The highest BCUT2D eigenvalue weighted by atomic mass is 35.5. The minimum atomic E-state index is -0.509. The quantitative estimate of drug-likeness (QED) is 0.494. The largest absolute Gasteiger partial charge is 0.392 e. The van der Waals surface area contributed by atoms with Crippen LogP contribution in [0.25, 0.3) is 0 Å². The summed E-state index contributed by atoms with van der Waals surface area (Å²) in [4.78, 5) is 21.9. The number of amides is 1. The molecule has 2 aliphatic heterocycles. The first-order chi connectivity index (χ1) is 9.90. The highest BCUT2D eigenvalue weighted by Crippen LogP contribution is 2.08. The van der Waals surface area contributed by atoms with E-state index in [2.05, 4.69) is 18.5 Å². The van der Waals surface area contributed by atoms with Crippen molar-refractivity contribution in [1.29, 1.82) is 0 Å². The van der Waals surface area contributed by atoms with Crippen molar-refractivity contribution >= 4 is 22.8 Å². The highest BCUT2D eigenvalue weighted by molar-refractivity contribution is 6.66. The van der Waals surface area contributed by atoms with Gasteiger partial charge >= 0.3 is 0 Å². The summed E-state index contributed by atoms with van der Waals surface area (Å²) >= 11 is 4.71. The molecule has 0 bridgehead atoms. The van der Waals surface area contributed by atoms with Crippen LogP contribution in [0, 0.1) is 0 Å². The van der Waals surface area contributed by atoms with Gasteiger partial charge in [0, 0.05) is 19.6 Å². The Morgan fingerprint density at radius 2 is 1.81 bits per heavy atom. The van der Waals surface area contributed by atoms with E-state index < -0.39 is 5.24 Å². The van der Waals surface area contributed by atoms with Gasteiger partial charge in [0.1, 0.15) is 0 Å². The number of hydrogen-bond acceptors (Lipinski definition) is 5. The molecule has 0 aromatic carbocycles. The maximum absolute atomic E-state index is 10.9. The van der Waals surface area contributed by atoms with Gasteiger partial charge in [-0.2, -0.15) is 0 Å². The molecule has 0 aliphatic carbocycles. The number of β-amino-alcohol motifs (C(OH)–C–C–N with tert-alkyl or cyclic N) is 2. The van der Waals surface area contributed by atoms with Crippen molar-refractivity contribution in [3.05, 3.63) is 25.3 Å². The van der Waals surface area contributed by atoms with E-state index >= 15 is 0 Å². The van der Waals surface area contributed by atoms with Crippen LogP contribution in [-0.4, -0.2) is 64.6 Å². The first-order valence-corrected chi connectivity index (χ1v) is 7.08. The molecule has 0 aromatic rings. The van der Waals surface area contributed by atoms with Crippen LogP contribution in [0.1, 0.15) is 12.8 Å². The van der Waals surface area contributed by atoms with E-state index in [0.717, 1.165) is 25.6 Å². The Balaban J connectivity index is 0.000000312. The molecule has 2 aliphatic rings. The number of aliphatic hydroxyl groups is 2. The third-order valence-electron chi connectivity index (χ3n) is 2.84. The molecule has 2 atom stereocenters. The lowest BCUT2D eigenvalue weighted by Crippen LogP contribution is -2.27. The number of allylic oxidation sites excluding steroid dienone is 1. The average Bonchev–Trinajstić information content (AvgIpc) is 3.10. The third kappa shape index (κ3) is 10.2. The standard InChI is InChI=1S/C7H11NO2.C4H9NO.C3H3ClO/c1-2-7(10)8-4-3-6(9)5-8;6-4-1-2-5-3-4;1-2-3(4)5/h2,6,9H,1,3-5H2;4-6H,1-3H2;2H,1H2/t6-;4-;/m00./s1. The SMILES string of the molecule is C=CC(=O)Cl.C=CC(=O)N1CC[C@H](O)C1.O[C@H]1CCNC1.